The first-order valence-electron chi connectivity index (χ1n) is 18.8. The number of piperidine rings is 1. The molecular weight excluding hydrogens is 651 g/mol. The molecule has 0 radical (unpaired) electrons. The van der Waals surface area contributed by atoms with Crippen LogP contribution in [-0.4, -0.2) is 91.9 Å². The summed E-state index contributed by atoms with van der Waals surface area (Å²) in [6.45, 7) is 7.23. The third-order valence-electron chi connectivity index (χ3n) is 10.6. The Balaban J connectivity index is 1.11. The number of rotatable bonds is 10. The molecule has 4 aromatic rings. The summed E-state index contributed by atoms with van der Waals surface area (Å²) in [5.74, 6) is -0.593. The molecule has 3 N–H and O–H groups in total. The van der Waals surface area contributed by atoms with Crippen molar-refractivity contribution >= 4 is 29.1 Å². The maximum atomic E-state index is 13.8. The zero-order chi connectivity index (χ0) is 35.9. The molecule has 3 heterocycles. The molecule has 3 aliphatic rings. The summed E-state index contributed by atoms with van der Waals surface area (Å²) < 4.78 is 0. The molecule has 2 saturated heterocycles. The van der Waals surface area contributed by atoms with Crippen molar-refractivity contribution in [2.75, 3.05) is 69.6 Å². The van der Waals surface area contributed by atoms with Crippen LogP contribution in [0.3, 0.4) is 0 Å². The van der Waals surface area contributed by atoms with Crippen LogP contribution in [0.25, 0.3) is 11.3 Å². The van der Waals surface area contributed by atoms with Gasteiger partial charge in [-0.25, -0.2) is 0 Å². The number of carbonyl (C=O) groups excluding carboxylic acids is 3. The molecule has 7 rings (SSSR count). The Bertz CT molecular complexity index is 1900. The molecule has 1 atom stereocenters. The molecular formula is C42H49N7O3. The van der Waals surface area contributed by atoms with Crippen molar-refractivity contribution in [3.05, 3.63) is 113 Å². The van der Waals surface area contributed by atoms with Gasteiger partial charge in [-0.2, -0.15) is 0 Å². The zero-order valence-electron chi connectivity index (χ0n) is 30.1. The fraction of sp³-hybridized carbons (Fsp3) is 0.381. The van der Waals surface area contributed by atoms with E-state index < -0.39 is 0 Å². The summed E-state index contributed by atoms with van der Waals surface area (Å²) in [6.07, 6.45) is 8.09. The monoisotopic (exact) mass is 699 g/mol. The molecule has 1 aromatic heterocycles. The second kappa shape index (κ2) is 16.5. The fourth-order valence-electron chi connectivity index (χ4n) is 7.60. The van der Waals surface area contributed by atoms with Gasteiger partial charge in [0.15, 0.2) is 0 Å². The number of piperazine rings is 1. The van der Waals surface area contributed by atoms with Gasteiger partial charge in [-0.05, 0) is 98.2 Å². The zero-order valence-corrected chi connectivity index (χ0v) is 30.1. The smallest absolute Gasteiger partial charge is 0.255 e. The van der Waals surface area contributed by atoms with E-state index in [1.54, 1.807) is 41.4 Å². The third kappa shape index (κ3) is 8.35. The minimum atomic E-state index is -0.324. The molecule has 1 aliphatic carbocycles. The molecule has 0 saturated carbocycles. The maximum absolute atomic E-state index is 13.8. The number of carbonyl (C=O) groups is 3. The number of benzene rings is 3. The number of likely N-dealkylation sites (N-methyl/N-ethyl adjacent to an activating group) is 1. The molecule has 2 fully saturated rings. The van der Waals surface area contributed by atoms with E-state index in [4.69, 9.17) is 4.98 Å². The summed E-state index contributed by atoms with van der Waals surface area (Å²) in [4.78, 5) is 52.0. The van der Waals surface area contributed by atoms with Crippen molar-refractivity contribution in [3.63, 3.8) is 0 Å². The Morgan fingerprint density at radius 3 is 2.46 bits per heavy atom. The van der Waals surface area contributed by atoms with Crippen molar-refractivity contribution in [1.82, 2.24) is 25.4 Å². The van der Waals surface area contributed by atoms with Crippen LogP contribution in [0.1, 0.15) is 80.3 Å². The lowest BCUT2D eigenvalue weighted by molar-refractivity contribution is 0.0774. The van der Waals surface area contributed by atoms with Crippen LogP contribution in [-0.2, 0) is 6.42 Å². The highest BCUT2D eigenvalue weighted by atomic mass is 16.2. The van der Waals surface area contributed by atoms with Crippen LogP contribution in [0.5, 0.6) is 0 Å². The first kappa shape index (κ1) is 35.3. The number of anilines is 2. The average Bonchev–Trinajstić information content (AvgIpc) is 3.20. The number of hydrogen-bond acceptors (Lipinski definition) is 7. The second-order valence-electron chi connectivity index (χ2n) is 14.2. The number of hydrogen-bond donors (Lipinski definition) is 3. The summed E-state index contributed by atoms with van der Waals surface area (Å²) in [5.41, 5.74) is 6.82. The van der Waals surface area contributed by atoms with Crippen LogP contribution >= 0.6 is 0 Å². The lowest BCUT2D eigenvalue weighted by Gasteiger charge is -2.29. The van der Waals surface area contributed by atoms with E-state index in [0.717, 1.165) is 89.2 Å². The quantitative estimate of drug-likeness (QED) is 0.193. The largest absolute Gasteiger partial charge is 0.372 e. The number of amides is 3. The fourth-order valence-corrected chi connectivity index (χ4v) is 7.60. The van der Waals surface area contributed by atoms with Crippen molar-refractivity contribution in [2.45, 2.75) is 44.6 Å². The second-order valence-corrected chi connectivity index (χ2v) is 14.2. The molecule has 0 bridgehead atoms. The van der Waals surface area contributed by atoms with E-state index >= 15 is 0 Å². The van der Waals surface area contributed by atoms with Crippen molar-refractivity contribution in [2.24, 2.45) is 0 Å². The van der Waals surface area contributed by atoms with Gasteiger partial charge in [-0.15, -0.1) is 0 Å². The van der Waals surface area contributed by atoms with E-state index in [0.29, 0.717) is 34.6 Å². The number of aromatic nitrogens is 1. The van der Waals surface area contributed by atoms with Crippen LogP contribution in [0.15, 0.2) is 85.1 Å². The van der Waals surface area contributed by atoms with Crippen molar-refractivity contribution in [1.29, 1.82) is 0 Å². The molecule has 270 valence electrons. The van der Waals surface area contributed by atoms with Gasteiger partial charge in [-0.1, -0.05) is 30.3 Å². The predicted octanol–water partition coefficient (Wildman–Crippen LogP) is 5.78. The Hall–Kier alpha value is -5.06. The van der Waals surface area contributed by atoms with E-state index in [1.807, 2.05) is 31.3 Å². The van der Waals surface area contributed by atoms with E-state index in [-0.39, 0.29) is 23.8 Å². The van der Waals surface area contributed by atoms with Crippen molar-refractivity contribution < 1.29 is 14.4 Å². The number of nitrogens with zero attached hydrogens (tertiary/aromatic N) is 4. The highest BCUT2D eigenvalue weighted by Gasteiger charge is 2.23. The summed E-state index contributed by atoms with van der Waals surface area (Å²) in [5, 5.41) is 9.73. The molecule has 3 amide bonds. The first-order chi connectivity index (χ1) is 25.4. The SMILES string of the molecule is CN(CCN1CCNCC1)C(=O)c1cccc(C(=O)Nc2ccc(N3CCCCC3)cc2-c2cc(C(=O)NC3CCCc4ccccc43)ccn2)c1. The molecule has 1 unspecified atom stereocenters. The topological polar surface area (TPSA) is 110 Å². The van der Waals surface area contributed by atoms with E-state index in [1.165, 1.54) is 17.5 Å². The Labute approximate surface area is 306 Å². The lowest BCUT2D eigenvalue weighted by atomic mass is 9.87. The molecule has 3 aromatic carbocycles. The summed E-state index contributed by atoms with van der Waals surface area (Å²) in [6, 6.07) is 24.8. The maximum Gasteiger partial charge on any atom is 0.255 e. The third-order valence-corrected chi connectivity index (χ3v) is 10.6. The van der Waals surface area contributed by atoms with Crippen LogP contribution in [0.4, 0.5) is 11.4 Å². The van der Waals surface area contributed by atoms with Crippen LogP contribution < -0.4 is 20.9 Å². The van der Waals surface area contributed by atoms with Gasteiger partial charge in [0.25, 0.3) is 17.7 Å². The highest BCUT2D eigenvalue weighted by molar-refractivity contribution is 6.08. The Morgan fingerprint density at radius 1 is 0.827 bits per heavy atom. The van der Waals surface area contributed by atoms with E-state index in [2.05, 4.69) is 50.0 Å². The minimum Gasteiger partial charge on any atom is -0.372 e. The molecule has 52 heavy (non-hydrogen) atoms. The van der Waals surface area contributed by atoms with Crippen LogP contribution in [0.2, 0.25) is 0 Å². The van der Waals surface area contributed by atoms with Crippen molar-refractivity contribution in [3.8, 4) is 11.3 Å². The van der Waals surface area contributed by atoms with Gasteiger partial charge in [-0.3, -0.25) is 24.3 Å². The predicted molar refractivity (Wildman–Crippen MR) is 206 cm³/mol. The number of pyridine rings is 1. The standard InChI is InChI=1S/C42H49N7O3/c1-47(25-26-48-23-19-43-20-24-48)42(52)33-12-7-11-31(27-33)40(50)46-38-16-15-34(49-21-5-2-6-22-49)29-36(38)39-28-32(17-18-44-39)41(51)45-37-14-8-10-30-9-3-4-13-35(30)37/h3-4,7,9,11-13,15-18,27-29,37,43H,2,5-6,8,10,14,19-26H2,1H3,(H,45,51)(H,46,50). The number of aryl methyl sites for hydroxylation is 1. The van der Waals surface area contributed by atoms with Gasteiger partial charge >= 0.3 is 0 Å². The molecule has 10 heteroatoms. The van der Waals surface area contributed by atoms with Gasteiger partial charge in [0.2, 0.25) is 0 Å². The summed E-state index contributed by atoms with van der Waals surface area (Å²) in [7, 11) is 1.81. The van der Waals surface area contributed by atoms with E-state index in [9.17, 15) is 14.4 Å². The van der Waals surface area contributed by atoms with Gasteiger partial charge in [0.05, 0.1) is 17.4 Å². The highest BCUT2D eigenvalue weighted by Crippen LogP contribution is 2.34. The lowest BCUT2D eigenvalue weighted by Crippen LogP contribution is -2.46. The normalized spacial score (nSPS) is 17.6. The summed E-state index contributed by atoms with van der Waals surface area (Å²) >= 11 is 0. The molecule has 0 spiro atoms. The minimum absolute atomic E-state index is 0.0407. The van der Waals surface area contributed by atoms with Gasteiger partial charge < -0.3 is 25.8 Å². The number of nitrogens with one attached hydrogen (secondary N) is 3. The average molecular weight is 700 g/mol. The van der Waals surface area contributed by atoms with Gasteiger partial charge in [0.1, 0.15) is 0 Å². The molecule has 10 nitrogen and oxygen atoms in total. The molecule has 2 aliphatic heterocycles. The number of fused-ring (bicyclic) bond motifs is 1. The Kier molecular flexibility index (Phi) is 11.2. The van der Waals surface area contributed by atoms with Gasteiger partial charge in [0, 0.05) is 93.5 Å². The Morgan fingerprint density at radius 2 is 1.62 bits per heavy atom. The first-order valence-corrected chi connectivity index (χ1v) is 18.8. The van der Waals surface area contributed by atoms with Crippen LogP contribution in [0, 0.1) is 0 Å².